The number of ether oxygens (including phenoxy) is 1. The van der Waals surface area contributed by atoms with E-state index >= 15 is 0 Å². The number of halogens is 18. The smallest absolute Gasteiger partial charge is 0.248 e. The number of carbonyl (C=O) groups is 2. The summed E-state index contributed by atoms with van der Waals surface area (Å²) < 4.78 is 68.7. The predicted molar refractivity (Wildman–Crippen MR) is 421 cm³/mol. The average Bonchev–Trinajstić information content (AvgIpc) is 1.63. The standard InChI is InChI=1S/C11H9BrF2O.C10H8Br2F2.C10H7Br2N.C10H8Br2O.C8H5Br2N.C7H5Br2Cl.C7H6Br2O.C4H8O.C2H3N.CH4/c12-9-4-7(6-15)3-8(5-9)11(1-2-11)10(13)14;11-7-3-6(4-8(12)5-7)10(1-2-10)9(13)14;2*11-8-3-7(4-9(12)5-8)10(6-13)1-2-10;9-7-3-6(1-2-11)4-8(10)5-7;2*8-6-1-5(4-10)2-7(9)3-6;1-2-4-5-3-1;1-2-3;/h3-6,10H,1-2H2;3-5,9H,1-2H2;3-5H,1-2H2;3-6H,1-2H2;3-5H,1H2;1-3H,4H2;1-3,10H,4H2;1-4H2;1H3;1H4. The van der Waals surface area contributed by atoms with E-state index in [1.807, 2.05) is 97.1 Å². The van der Waals surface area contributed by atoms with Crippen molar-refractivity contribution in [2.24, 2.45) is 0 Å². The van der Waals surface area contributed by atoms with Crippen LogP contribution in [0.1, 0.15) is 128 Å². The van der Waals surface area contributed by atoms with Gasteiger partial charge in [0.2, 0.25) is 12.9 Å². The maximum atomic E-state index is 12.8. The SMILES string of the molecule is C.C1CCOC1.CC#N.ClCc1cc(Br)cc(Br)c1.FC(F)C1(c2cc(Br)cc(Br)c2)CC1.N#CC1(c2cc(Br)cc(Br)c2)CC1.N#CCc1cc(Br)cc(Br)c1.O=CC1(c2cc(Br)cc(Br)c2)CC1.O=Cc1cc(Br)cc(C2(C(F)F)CC2)c1.OCc1cc(Br)cc(Br)c1. The molecule has 508 valence electrons. The van der Waals surface area contributed by atoms with Gasteiger partial charge in [0.1, 0.15) is 12.6 Å². The van der Waals surface area contributed by atoms with E-state index in [0.717, 1.165) is 132 Å². The van der Waals surface area contributed by atoms with E-state index in [2.05, 4.69) is 219 Å². The summed E-state index contributed by atoms with van der Waals surface area (Å²) in [6.07, 6.45) is 6.28. The van der Waals surface area contributed by atoms with Gasteiger partial charge in [0.15, 0.2) is 0 Å². The highest BCUT2D eigenvalue weighted by atomic mass is 79.9. The number of aldehydes is 2. The second kappa shape index (κ2) is 43.5. The summed E-state index contributed by atoms with van der Waals surface area (Å²) in [5, 5.41) is 33.5. The van der Waals surface area contributed by atoms with Crippen molar-refractivity contribution in [1.82, 2.24) is 0 Å². The fourth-order valence-corrected chi connectivity index (χ4v) is 17.6. The summed E-state index contributed by atoms with van der Waals surface area (Å²) in [6.45, 7) is 3.51. The zero-order valence-electron chi connectivity index (χ0n) is 49.9. The second-order valence-electron chi connectivity index (χ2n) is 21.7. The van der Waals surface area contributed by atoms with Gasteiger partial charge in [-0.25, -0.2) is 17.6 Å². The molecule has 7 nitrogen and oxygen atoms in total. The van der Waals surface area contributed by atoms with Crippen LogP contribution in [0.15, 0.2) is 186 Å². The van der Waals surface area contributed by atoms with Gasteiger partial charge in [-0.15, -0.1) is 11.6 Å². The summed E-state index contributed by atoms with van der Waals surface area (Å²) in [7, 11) is 0. The Hall–Kier alpha value is -1.48. The quantitative estimate of drug-likeness (QED) is 0.0774. The molecule has 0 aromatic heterocycles. The van der Waals surface area contributed by atoms with E-state index < -0.39 is 23.7 Å². The molecule has 1 aliphatic heterocycles. The lowest BCUT2D eigenvalue weighted by Crippen LogP contribution is -2.17. The van der Waals surface area contributed by atoms with Crippen molar-refractivity contribution in [2.75, 3.05) is 13.2 Å². The third kappa shape index (κ3) is 30.2. The van der Waals surface area contributed by atoms with Gasteiger partial charge in [0.05, 0.1) is 52.9 Å². The lowest BCUT2D eigenvalue weighted by Gasteiger charge is -2.15. The van der Waals surface area contributed by atoms with Crippen LogP contribution in [-0.4, -0.2) is 43.7 Å². The average molecular weight is 2160 g/mol. The van der Waals surface area contributed by atoms with Crippen LogP contribution in [0.2, 0.25) is 0 Å². The van der Waals surface area contributed by atoms with Gasteiger partial charge >= 0.3 is 0 Å². The first-order chi connectivity index (χ1) is 44.5. The Morgan fingerprint density at radius 3 is 1.05 bits per heavy atom. The molecule has 0 unspecified atom stereocenters. The molecule has 7 aromatic carbocycles. The molecule has 5 aliphatic rings. The third-order valence-electron chi connectivity index (χ3n) is 14.5. The Morgan fingerprint density at radius 1 is 0.474 bits per heavy atom. The molecule has 0 radical (unpaired) electrons. The topological polar surface area (TPSA) is 135 Å². The van der Waals surface area contributed by atoms with Crippen LogP contribution in [-0.2, 0) is 50.1 Å². The first-order valence-electron chi connectivity index (χ1n) is 28.4. The first kappa shape index (κ1) is 87.7. The van der Waals surface area contributed by atoms with E-state index in [0.29, 0.717) is 59.9 Å². The minimum Gasteiger partial charge on any atom is -0.392 e. The van der Waals surface area contributed by atoms with Crippen LogP contribution in [0, 0.1) is 34.0 Å². The summed E-state index contributed by atoms with van der Waals surface area (Å²) in [6, 6.07) is 46.0. The molecular weight excluding hydrogens is 2100 g/mol. The highest BCUT2D eigenvalue weighted by Gasteiger charge is 2.53. The third-order valence-corrected chi connectivity index (χ3v) is 20.8. The molecule has 4 aliphatic carbocycles. The van der Waals surface area contributed by atoms with E-state index in [9.17, 15) is 27.2 Å². The minimum atomic E-state index is -2.36. The second-order valence-corrected chi connectivity index (χ2v) is 33.9. The Morgan fingerprint density at radius 2 is 0.789 bits per heavy atom. The number of hydrogen-bond acceptors (Lipinski definition) is 7. The number of nitrogens with zero attached hydrogens (tertiary/aromatic N) is 3. The van der Waals surface area contributed by atoms with Crippen LogP contribution < -0.4 is 0 Å². The van der Waals surface area contributed by atoms with Gasteiger partial charge in [-0.1, -0.05) is 215 Å². The lowest BCUT2D eigenvalue weighted by atomic mass is 9.95. The molecule has 95 heavy (non-hydrogen) atoms. The monoisotopic (exact) mass is 2150 g/mol. The minimum absolute atomic E-state index is 0. The molecule has 7 aromatic rings. The number of aliphatic hydroxyl groups is 1. The molecule has 0 bridgehead atoms. The van der Waals surface area contributed by atoms with E-state index in [1.54, 1.807) is 36.4 Å². The van der Waals surface area contributed by atoms with Crippen LogP contribution in [0.4, 0.5) is 17.6 Å². The van der Waals surface area contributed by atoms with Crippen LogP contribution in [0.3, 0.4) is 0 Å². The fraction of sp³-hybridized carbons (Fsp3) is 0.329. The fourth-order valence-electron chi connectivity index (χ4n) is 8.92. The van der Waals surface area contributed by atoms with Gasteiger partial charge in [-0.2, -0.15) is 15.8 Å². The maximum absolute atomic E-state index is 12.8. The van der Waals surface area contributed by atoms with Crippen LogP contribution in [0.25, 0.3) is 0 Å². The van der Waals surface area contributed by atoms with Crippen LogP contribution in [0.5, 0.6) is 0 Å². The summed E-state index contributed by atoms with van der Waals surface area (Å²) in [5.41, 5.74) is 4.78. The number of benzene rings is 7. The Kier molecular flexibility index (Phi) is 40.1. The van der Waals surface area contributed by atoms with Crippen molar-refractivity contribution >= 4 is 231 Å². The number of alkyl halides is 5. The molecular formula is C70H63Br13ClF4N3O4. The Bertz CT molecular complexity index is 3610. The molecule has 0 atom stereocenters. The molecule has 1 heterocycles. The number of hydrogen-bond donors (Lipinski definition) is 1. The normalized spacial score (nSPS) is 15.0. The lowest BCUT2D eigenvalue weighted by molar-refractivity contribution is -0.109. The zero-order chi connectivity index (χ0) is 70.0. The first-order valence-corrected chi connectivity index (χ1v) is 39.2. The van der Waals surface area contributed by atoms with Gasteiger partial charge in [0.25, 0.3) is 0 Å². The highest BCUT2D eigenvalue weighted by molar-refractivity contribution is 9.12. The van der Waals surface area contributed by atoms with Crippen molar-refractivity contribution in [3.05, 3.63) is 230 Å². The van der Waals surface area contributed by atoms with Gasteiger partial charge in [-0.3, -0.25) is 4.79 Å². The van der Waals surface area contributed by atoms with E-state index in [4.69, 9.17) is 37.2 Å². The predicted octanol–water partition coefficient (Wildman–Crippen LogP) is 27.2. The van der Waals surface area contributed by atoms with Crippen LogP contribution >= 0.6 is 219 Å². The Labute approximate surface area is 669 Å². The molecule has 1 N–H and O–H groups in total. The number of rotatable bonds is 11. The summed E-state index contributed by atoms with van der Waals surface area (Å²) >= 11 is 49.2. The van der Waals surface area contributed by atoms with Gasteiger partial charge in [0, 0.05) is 89.7 Å². The number of nitriles is 3. The molecule has 12 rings (SSSR count). The Balaban J connectivity index is 0.000000284. The van der Waals surface area contributed by atoms with Crippen molar-refractivity contribution < 1.29 is 37.0 Å². The molecule has 25 heteroatoms. The summed E-state index contributed by atoms with van der Waals surface area (Å²) in [5.74, 6) is 0.554. The number of carbonyl (C=O) groups excluding carboxylic acids is 2. The maximum Gasteiger partial charge on any atom is 0.248 e. The van der Waals surface area contributed by atoms with Crippen molar-refractivity contribution in [3.8, 4) is 18.2 Å². The van der Waals surface area contributed by atoms with Crippen molar-refractivity contribution in [3.63, 3.8) is 0 Å². The van der Waals surface area contributed by atoms with Crippen molar-refractivity contribution in [2.45, 2.75) is 132 Å². The summed E-state index contributed by atoms with van der Waals surface area (Å²) in [4.78, 5) is 21.5. The molecule has 4 saturated carbocycles. The zero-order valence-corrected chi connectivity index (χ0v) is 71.2. The molecule has 5 fully saturated rings. The van der Waals surface area contributed by atoms with Gasteiger partial charge < -0.3 is 14.6 Å². The van der Waals surface area contributed by atoms with Crippen molar-refractivity contribution in [1.29, 1.82) is 15.8 Å². The largest absolute Gasteiger partial charge is 0.392 e. The van der Waals surface area contributed by atoms with Gasteiger partial charge in [-0.05, 0) is 231 Å². The molecule has 0 amide bonds. The molecule has 0 spiro atoms. The van der Waals surface area contributed by atoms with E-state index in [-0.39, 0.29) is 24.9 Å². The highest BCUT2D eigenvalue weighted by Crippen LogP contribution is 2.55. The number of aliphatic hydroxyl groups excluding tert-OH is 1. The van der Waals surface area contributed by atoms with E-state index in [1.165, 1.54) is 19.8 Å². The molecule has 1 saturated heterocycles.